The summed E-state index contributed by atoms with van der Waals surface area (Å²) in [4.78, 5) is 4.28. The van der Waals surface area contributed by atoms with Crippen LogP contribution in [0.2, 0.25) is 0 Å². The lowest BCUT2D eigenvalue weighted by Crippen LogP contribution is -2.39. The fourth-order valence-electron chi connectivity index (χ4n) is 3.00. The van der Waals surface area contributed by atoms with Crippen LogP contribution >= 0.6 is 24.0 Å². The second-order valence-corrected chi connectivity index (χ2v) is 6.23. The van der Waals surface area contributed by atoms with Gasteiger partial charge < -0.3 is 15.2 Å². The molecule has 2 rings (SSSR count). The number of halogens is 1. The van der Waals surface area contributed by atoms with Crippen molar-refractivity contribution in [2.24, 2.45) is 4.99 Å². The Hall–Kier alpha value is -0.860. The van der Waals surface area contributed by atoms with E-state index < -0.39 is 0 Å². The van der Waals surface area contributed by atoms with Gasteiger partial charge in [0.2, 0.25) is 0 Å². The van der Waals surface area contributed by atoms with Gasteiger partial charge >= 0.3 is 0 Å². The number of aryl methyl sites for hydroxylation is 1. The van der Waals surface area contributed by atoms with Gasteiger partial charge in [-0.25, -0.2) is 0 Å². The molecule has 2 heterocycles. The van der Waals surface area contributed by atoms with E-state index in [2.05, 4.69) is 37.3 Å². The molecule has 0 saturated heterocycles. The molecule has 7 heteroatoms. The first-order valence-corrected chi connectivity index (χ1v) is 9.20. The third-order valence-corrected chi connectivity index (χ3v) is 4.37. The van der Waals surface area contributed by atoms with E-state index in [1.54, 1.807) is 0 Å². The molecule has 2 N–H and O–H groups in total. The van der Waals surface area contributed by atoms with Crippen molar-refractivity contribution in [1.29, 1.82) is 0 Å². The van der Waals surface area contributed by atoms with Crippen LogP contribution in [0.3, 0.4) is 0 Å². The Morgan fingerprint density at radius 2 is 1.92 bits per heavy atom. The average molecular weight is 448 g/mol. The topological polar surface area (TPSA) is 67.1 Å². The summed E-state index contributed by atoms with van der Waals surface area (Å²) >= 11 is 0. The number of nitrogens with one attached hydrogen (secondary N) is 2. The van der Waals surface area contributed by atoms with E-state index in [0.29, 0.717) is 0 Å². The van der Waals surface area contributed by atoms with E-state index in [9.17, 15) is 0 Å². The highest BCUT2D eigenvalue weighted by Crippen LogP contribution is 2.14. The fraction of sp³-hybridized carbons (Fsp3) is 0.824. The second kappa shape index (κ2) is 12.5. The number of fused-ring (bicyclic) bond motifs is 1. The number of hydrogen-bond acceptors (Lipinski definition) is 3. The summed E-state index contributed by atoms with van der Waals surface area (Å²) in [5, 5.41) is 15.5. The summed E-state index contributed by atoms with van der Waals surface area (Å²) in [6.07, 6.45) is 10.8. The summed E-state index contributed by atoms with van der Waals surface area (Å²) in [5.74, 6) is 3.15. The number of aliphatic imine (C=N–C) groups is 1. The Morgan fingerprint density at radius 1 is 1.08 bits per heavy atom. The highest BCUT2D eigenvalue weighted by molar-refractivity contribution is 14.0. The van der Waals surface area contributed by atoms with Gasteiger partial charge in [0.15, 0.2) is 5.96 Å². The zero-order valence-corrected chi connectivity index (χ0v) is 17.5. The Labute approximate surface area is 163 Å². The van der Waals surface area contributed by atoms with Crippen molar-refractivity contribution in [1.82, 2.24) is 25.4 Å². The molecule has 24 heavy (non-hydrogen) atoms. The Bertz CT molecular complexity index is 485. The molecule has 138 valence electrons. The van der Waals surface area contributed by atoms with Crippen molar-refractivity contribution in [2.45, 2.75) is 71.3 Å². The predicted molar refractivity (Wildman–Crippen MR) is 110 cm³/mol. The van der Waals surface area contributed by atoms with Gasteiger partial charge in [0.1, 0.15) is 11.6 Å². The van der Waals surface area contributed by atoms with Crippen molar-refractivity contribution in [3.05, 3.63) is 11.6 Å². The quantitative estimate of drug-likeness (QED) is 0.278. The molecule has 0 bridgehead atoms. The van der Waals surface area contributed by atoms with Crippen LogP contribution in [0.5, 0.6) is 0 Å². The van der Waals surface area contributed by atoms with E-state index in [1.807, 2.05) is 7.05 Å². The van der Waals surface area contributed by atoms with E-state index in [4.69, 9.17) is 0 Å². The predicted octanol–water partition coefficient (Wildman–Crippen LogP) is 2.91. The molecule has 0 atom stereocenters. The Morgan fingerprint density at radius 3 is 2.71 bits per heavy atom. The molecule has 1 aromatic heterocycles. The SMILES string of the molecule is CCCCCCNC(=NC)NCCc1nnc2n1CCCCC2.I. The summed E-state index contributed by atoms with van der Waals surface area (Å²) in [5.41, 5.74) is 0. The minimum absolute atomic E-state index is 0. The molecule has 0 fully saturated rings. The normalized spacial score (nSPS) is 14.5. The first-order valence-electron chi connectivity index (χ1n) is 9.20. The van der Waals surface area contributed by atoms with Crippen molar-refractivity contribution in [3.8, 4) is 0 Å². The lowest BCUT2D eigenvalue weighted by Gasteiger charge is -2.12. The van der Waals surface area contributed by atoms with Crippen LogP contribution in [0, 0.1) is 0 Å². The van der Waals surface area contributed by atoms with Gasteiger partial charge in [-0.15, -0.1) is 34.2 Å². The number of unbranched alkanes of at least 4 members (excludes halogenated alkanes) is 3. The molecule has 0 radical (unpaired) electrons. The second-order valence-electron chi connectivity index (χ2n) is 6.23. The number of rotatable bonds is 8. The molecule has 0 aliphatic carbocycles. The molecule has 6 nitrogen and oxygen atoms in total. The van der Waals surface area contributed by atoms with Gasteiger partial charge in [-0.05, 0) is 19.3 Å². The monoisotopic (exact) mass is 448 g/mol. The summed E-state index contributed by atoms with van der Waals surface area (Å²) < 4.78 is 2.32. The van der Waals surface area contributed by atoms with Gasteiger partial charge in [-0.2, -0.15) is 0 Å². The highest BCUT2D eigenvalue weighted by Gasteiger charge is 2.14. The third kappa shape index (κ3) is 6.94. The lowest BCUT2D eigenvalue weighted by molar-refractivity contribution is 0.599. The van der Waals surface area contributed by atoms with Gasteiger partial charge in [-0.1, -0.05) is 32.6 Å². The summed E-state index contributed by atoms with van der Waals surface area (Å²) in [6, 6.07) is 0. The number of aromatic nitrogens is 3. The largest absolute Gasteiger partial charge is 0.356 e. The maximum absolute atomic E-state index is 4.37. The Balaban J connectivity index is 0.00000288. The minimum atomic E-state index is 0. The van der Waals surface area contributed by atoms with Crippen LogP contribution in [0.4, 0.5) is 0 Å². The molecule has 0 amide bonds. The number of guanidine groups is 1. The number of nitrogens with zero attached hydrogens (tertiary/aromatic N) is 4. The van der Waals surface area contributed by atoms with E-state index >= 15 is 0 Å². The van der Waals surface area contributed by atoms with Gasteiger partial charge in [0.05, 0.1) is 0 Å². The summed E-state index contributed by atoms with van der Waals surface area (Å²) in [7, 11) is 1.82. The zero-order chi connectivity index (χ0) is 16.3. The maximum Gasteiger partial charge on any atom is 0.190 e. The lowest BCUT2D eigenvalue weighted by atomic mass is 10.2. The first kappa shape index (κ1) is 21.2. The highest BCUT2D eigenvalue weighted by atomic mass is 127. The van der Waals surface area contributed by atoms with Crippen LogP contribution in [0.25, 0.3) is 0 Å². The van der Waals surface area contributed by atoms with Crippen molar-refractivity contribution in [2.75, 3.05) is 20.1 Å². The van der Waals surface area contributed by atoms with Crippen LogP contribution in [0.15, 0.2) is 4.99 Å². The van der Waals surface area contributed by atoms with E-state index in [-0.39, 0.29) is 24.0 Å². The standard InChI is InChI=1S/C17H32N6.HI/c1-3-4-5-8-12-19-17(18-2)20-13-11-16-22-21-15-10-7-6-9-14-23(15)16;/h3-14H2,1-2H3,(H2,18,19,20);1H. The average Bonchev–Trinajstić information content (AvgIpc) is 2.80. The molecular formula is C17H33IN6. The zero-order valence-electron chi connectivity index (χ0n) is 15.2. The molecule has 0 unspecified atom stereocenters. The van der Waals surface area contributed by atoms with Gasteiger partial charge in [0.25, 0.3) is 0 Å². The molecule has 0 saturated carbocycles. The van der Waals surface area contributed by atoms with Crippen molar-refractivity contribution < 1.29 is 0 Å². The van der Waals surface area contributed by atoms with Crippen LogP contribution in [0.1, 0.15) is 63.5 Å². The van der Waals surface area contributed by atoms with Gasteiger partial charge in [0, 0.05) is 39.5 Å². The molecular weight excluding hydrogens is 415 g/mol. The van der Waals surface area contributed by atoms with Crippen LogP contribution < -0.4 is 10.6 Å². The molecule has 1 aliphatic rings. The van der Waals surface area contributed by atoms with E-state index in [1.165, 1.54) is 44.9 Å². The fourth-order valence-corrected chi connectivity index (χ4v) is 3.00. The maximum atomic E-state index is 4.37. The van der Waals surface area contributed by atoms with Crippen molar-refractivity contribution >= 4 is 29.9 Å². The van der Waals surface area contributed by atoms with Crippen molar-refractivity contribution in [3.63, 3.8) is 0 Å². The molecule has 1 aromatic rings. The third-order valence-electron chi connectivity index (χ3n) is 4.37. The molecule has 0 aromatic carbocycles. The smallest absolute Gasteiger partial charge is 0.190 e. The van der Waals surface area contributed by atoms with Gasteiger partial charge in [-0.3, -0.25) is 4.99 Å². The summed E-state index contributed by atoms with van der Waals surface area (Å²) in [6.45, 7) is 5.13. The first-order chi connectivity index (χ1) is 11.3. The van der Waals surface area contributed by atoms with Crippen LogP contribution in [-0.4, -0.2) is 40.9 Å². The Kier molecular flexibility index (Phi) is 11.0. The van der Waals surface area contributed by atoms with Crippen LogP contribution in [-0.2, 0) is 19.4 Å². The molecule has 0 spiro atoms. The molecule has 1 aliphatic heterocycles. The van der Waals surface area contributed by atoms with E-state index in [0.717, 1.165) is 50.1 Å². The minimum Gasteiger partial charge on any atom is -0.356 e. The number of hydrogen-bond donors (Lipinski definition) is 2.